The number of benzene rings is 2. The van der Waals surface area contributed by atoms with Crippen LogP contribution in [0.15, 0.2) is 59.7 Å². The van der Waals surface area contributed by atoms with E-state index >= 15 is 0 Å². The Morgan fingerprint density at radius 3 is 1.50 bits per heavy atom. The zero-order valence-electron chi connectivity index (χ0n) is 20.2. The van der Waals surface area contributed by atoms with Crippen molar-refractivity contribution in [3.63, 3.8) is 0 Å². The molecule has 34 heavy (non-hydrogen) atoms. The molecule has 0 aliphatic carbocycles. The van der Waals surface area contributed by atoms with Crippen LogP contribution in [-0.2, 0) is 19.1 Å². The van der Waals surface area contributed by atoms with Gasteiger partial charge in [-0.25, -0.2) is 9.59 Å². The van der Waals surface area contributed by atoms with Crippen LogP contribution >= 0.6 is 0 Å². The maximum absolute atomic E-state index is 12.3. The summed E-state index contributed by atoms with van der Waals surface area (Å²) in [4.78, 5) is 24.6. The third-order valence-electron chi connectivity index (χ3n) is 4.64. The summed E-state index contributed by atoms with van der Waals surface area (Å²) in [6, 6.07) is 15.7. The van der Waals surface area contributed by atoms with Gasteiger partial charge >= 0.3 is 11.9 Å². The number of aryl methyl sites for hydroxylation is 2. The average molecular weight is 455 g/mol. The topological polar surface area (TPSA) is 52.6 Å². The number of rotatable bonds is 8. The largest absolute Gasteiger partial charge is 0.463 e. The highest BCUT2D eigenvalue weighted by Gasteiger charge is 2.10. The van der Waals surface area contributed by atoms with Gasteiger partial charge in [0.05, 0.1) is 13.2 Å². The molecule has 0 N–H and O–H groups in total. The molecule has 0 fully saturated rings. The van der Waals surface area contributed by atoms with Crippen LogP contribution in [0.1, 0.15) is 48.9 Å². The molecule has 2 aromatic rings. The van der Waals surface area contributed by atoms with Gasteiger partial charge in [-0.05, 0) is 62.8 Å². The van der Waals surface area contributed by atoms with Gasteiger partial charge in [-0.15, -0.1) is 0 Å². The number of carbonyl (C=O) groups excluding carboxylic acids is 2. The molecule has 0 aliphatic rings. The lowest BCUT2D eigenvalue weighted by molar-refractivity contribution is -0.139. The first-order chi connectivity index (χ1) is 16.4. The molecule has 4 nitrogen and oxygen atoms in total. The lowest BCUT2D eigenvalue weighted by Gasteiger charge is -2.04. The Hall–Kier alpha value is -4.02. The van der Waals surface area contributed by atoms with Crippen LogP contribution in [0.25, 0.3) is 12.2 Å². The second-order valence-corrected chi connectivity index (χ2v) is 7.57. The molecule has 0 saturated heterocycles. The Morgan fingerprint density at radius 2 is 1.15 bits per heavy atom. The van der Waals surface area contributed by atoms with Gasteiger partial charge in [0.15, 0.2) is 0 Å². The summed E-state index contributed by atoms with van der Waals surface area (Å²) < 4.78 is 10.3. The average Bonchev–Trinajstić information content (AvgIpc) is 2.80. The highest BCUT2D eigenvalue weighted by molar-refractivity contribution is 5.95. The van der Waals surface area contributed by atoms with Crippen LogP contribution in [-0.4, -0.2) is 25.2 Å². The quantitative estimate of drug-likeness (QED) is 0.292. The van der Waals surface area contributed by atoms with Gasteiger partial charge in [-0.2, -0.15) is 0 Å². The van der Waals surface area contributed by atoms with E-state index in [2.05, 4.69) is 23.7 Å². The number of hydrogen-bond donors (Lipinski definition) is 0. The molecule has 0 saturated carbocycles. The van der Waals surface area contributed by atoms with Crippen LogP contribution < -0.4 is 0 Å². The van der Waals surface area contributed by atoms with Gasteiger partial charge in [0.25, 0.3) is 0 Å². The van der Waals surface area contributed by atoms with Crippen LogP contribution in [0.5, 0.6) is 0 Å². The van der Waals surface area contributed by atoms with Crippen molar-refractivity contribution in [1.29, 1.82) is 0 Å². The summed E-state index contributed by atoms with van der Waals surface area (Å²) >= 11 is 0. The summed E-state index contributed by atoms with van der Waals surface area (Å²) in [6.45, 7) is 8.11. The standard InChI is InChI=1S/C30H30O4/c1-5-33-29(31)27(21-25-15-11-13-23(3)19-25)17-9-7-8-10-18-28(30(32)34-6-2)22-26-16-12-14-24(4)20-26/h11-16,19-22H,5-6,17-18H2,1-4H3/b27-21+,28-22+. The third-order valence-corrected chi connectivity index (χ3v) is 4.64. The summed E-state index contributed by atoms with van der Waals surface area (Å²) in [6.07, 6.45) is 4.00. The number of carbonyl (C=O) groups is 2. The molecule has 0 aromatic heterocycles. The first-order valence-electron chi connectivity index (χ1n) is 11.3. The van der Waals surface area contributed by atoms with Crippen molar-refractivity contribution in [1.82, 2.24) is 0 Å². The van der Waals surface area contributed by atoms with E-state index in [0.717, 1.165) is 22.3 Å². The van der Waals surface area contributed by atoms with E-state index in [9.17, 15) is 9.59 Å². The van der Waals surface area contributed by atoms with E-state index in [0.29, 0.717) is 24.4 Å². The van der Waals surface area contributed by atoms with E-state index in [1.54, 1.807) is 26.0 Å². The zero-order chi connectivity index (χ0) is 24.8. The molecule has 0 unspecified atom stereocenters. The van der Waals surface area contributed by atoms with Gasteiger partial charge in [-0.1, -0.05) is 71.5 Å². The van der Waals surface area contributed by atoms with Gasteiger partial charge in [0.1, 0.15) is 0 Å². The summed E-state index contributed by atoms with van der Waals surface area (Å²) in [7, 11) is 0. The molecule has 174 valence electrons. The van der Waals surface area contributed by atoms with Crippen LogP contribution in [0.3, 0.4) is 0 Å². The molecular weight excluding hydrogens is 424 g/mol. The summed E-state index contributed by atoms with van der Waals surface area (Å²) in [5.74, 6) is 10.6. The fourth-order valence-electron chi connectivity index (χ4n) is 3.10. The summed E-state index contributed by atoms with van der Waals surface area (Å²) in [5.41, 5.74) is 4.96. The van der Waals surface area contributed by atoms with E-state index in [1.807, 2.05) is 62.4 Å². The fraction of sp³-hybridized carbons (Fsp3) is 0.267. The van der Waals surface area contributed by atoms with Crippen LogP contribution in [0.4, 0.5) is 0 Å². The van der Waals surface area contributed by atoms with Crippen molar-refractivity contribution >= 4 is 24.1 Å². The normalized spacial score (nSPS) is 10.9. The zero-order valence-corrected chi connectivity index (χ0v) is 20.2. The fourth-order valence-corrected chi connectivity index (χ4v) is 3.10. The van der Waals surface area contributed by atoms with Crippen LogP contribution in [0, 0.1) is 37.5 Å². The third kappa shape index (κ3) is 9.23. The predicted octanol–water partition coefficient (Wildman–Crippen LogP) is 5.68. The van der Waals surface area contributed by atoms with Crippen molar-refractivity contribution in [3.05, 3.63) is 81.9 Å². The SMILES string of the molecule is CCOC(=O)/C(=C/c1cccc(C)c1)CC#CC#CC/C(=C\c1cccc(C)c1)C(=O)OCC. The predicted molar refractivity (Wildman–Crippen MR) is 136 cm³/mol. The highest BCUT2D eigenvalue weighted by Crippen LogP contribution is 2.14. The maximum atomic E-state index is 12.3. The molecule has 0 bridgehead atoms. The molecule has 2 rings (SSSR count). The molecule has 4 heteroatoms. The second-order valence-electron chi connectivity index (χ2n) is 7.57. The van der Waals surface area contributed by atoms with Crippen LogP contribution in [0.2, 0.25) is 0 Å². The van der Waals surface area contributed by atoms with Gasteiger partial charge in [0, 0.05) is 24.0 Å². The van der Waals surface area contributed by atoms with Crippen molar-refractivity contribution in [2.45, 2.75) is 40.5 Å². The second kappa shape index (κ2) is 14.2. The molecule has 0 heterocycles. The highest BCUT2D eigenvalue weighted by atomic mass is 16.5. The lowest BCUT2D eigenvalue weighted by Crippen LogP contribution is -2.07. The molecule has 0 spiro atoms. The summed E-state index contributed by atoms with van der Waals surface area (Å²) in [5, 5.41) is 0. The van der Waals surface area contributed by atoms with Gasteiger partial charge in [0.2, 0.25) is 0 Å². The lowest BCUT2D eigenvalue weighted by atomic mass is 10.1. The molecule has 0 radical (unpaired) electrons. The van der Waals surface area contributed by atoms with E-state index in [-0.39, 0.29) is 12.8 Å². The number of hydrogen-bond acceptors (Lipinski definition) is 4. The van der Waals surface area contributed by atoms with Gasteiger partial charge in [-0.3, -0.25) is 0 Å². The Labute approximate surface area is 202 Å². The minimum Gasteiger partial charge on any atom is -0.463 e. The Balaban J connectivity index is 2.15. The maximum Gasteiger partial charge on any atom is 0.334 e. The monoisotopic (exact) mass is 454 g/mol. The Kier molecular flexibility index (Phi) is 11.0. The van der Waals surface area contributed by atoms with Crippen molar-refractivity contribution in [2.24, 2.45) is 0 Å². The molecule has 0 atom stereocenters. The molecule has 0 amide bonds. The van der Waals surface area contributed by atoms with Crippen molar-refractivity contribution < 1.29 is 19.1 Å². The van der Waals surface area contributed by atoms with Gasteiger partial charge < -0.3 is 9.47 Å². The van der Waals surface area contributed by atoms with Crippen molar-refractivity contribution in [3.8, 4) is 23.7 Å². The molecule has 0 aliphatic heterocycles. The minimum absolute atomic E-state index is 0.214. The van der Waals surface area contributed by atoms with E-state index in [1.165, 1.54) is 0 Å². The smallest absolute Gasteiger partial charge is 0.334 e. The number of ether oxygens (including phenoxy) is 2. The first-order valence-corrected chi connectivity index (χ1v) is 11.3. The Bertz CT molecular complexity index is 1100. The van der Waals surface area contributed by atoms with E-state index in [4.69, 9.17) is 9.47 Å². The number of esters is 2. The van der Waals surface area contributed by atoms with Crippen molar-refractivity contribution in [2.75, 3.05) is 13.2 Å². The Morgan fingerprint density at radius 1 is 0.735 bits per heavy atom. The van der Waals surface area contributed by atoms with E-state index < -0.39 is 11.9 Å². The first kappa shape index (κ1) is 26.2. The molecular formula is C30H30O4. The molecule has 2 aromatic carbocycles. The minimum atomic E-state index is -0.392.